The highest BCUT2D eigenvalue weighted by atomic mass is 19.1. The number of amides is 1. The maximum absolute atomic E-state index is 14.9. The molecular formula is C24H19FN6O2. The van der Waals surface area contributed by atoms with Gasteiger partial charge in [0.15, 0.2) is 5.65 Å². The van der Waals surface area contributed by atoms with Crippen LogP contribution in [0.25, 0.3) is 16.9 Å². The summed E-state index contributed by atoms with van der Waals surface area (Å²) in [7, 11) is 0. The van der Waals surface area contributed by atoms with E-state index in [2.05, 4.69) is 26.9 Å². The molecule has 0 spiro atoms. The lowest BCUT2D eigenvalue weighted by Crippen LogP contribution is -2.41. The van der Waals surface area contributed by atoms with Gasteiger partial charge >= 0.3 is 0 Å². The molecule has 1 amide bonds. The van der Waals surface area contributed by atoms with E-state index < -0.39 is 5.82 Å². The summed E-state index contributed by atoms with van der Waals surface area (Å²) in [5.41, 5.74) is 8.70. The summed E-state index contributed by atoms with van der Waals surface area (Å²) in [4.78, 5) is 22.5. The van der Waals surface area contributed by atoms with Gasteiger partial charge in [-0.2, -0.15) is 5.10 Å². The van der Waals surface area contributed by atoms with Crippen molar-refractivity contribution < 1.29 is 13.9 Å². The number of carbonyl (C=O) groups excluding carboxylic acids is 1. The summed E-state index contributed by atoms with van der Waals surface area (Å²) in [6.07, 6.45) is 3.21. The first-order chi connectivity index (χ1) is 16.1. The monoisotopic (exact) mass is 442 g/mol. The number of carbonyl (C=O) groups is 1. The second kappa shape index (κ2) is 8.68. The lowest BCUT2D eigenvalue weighted by atomic mass is 10.1. The van der Waals surface area contributed by atoms with Crippen LogP contribution < -0.4 is 5.73 Å². The van der Waals surface area contributed by atoms with E-state index in [0.717, 1.165) is 5.56 Å². The number of nitrogen functional groups attached to an aromatic ring is 1. The molecule has 0 atom stereocenters. The van der Waals surface area contributed by atoms with Gasteiger partial charge in [-0.3, -0.25) is 4.79 Å². The minimum Gasteiger partial charge on any atom is -0.384 e. The summed E-state index contributed by atoms with van der Waals surface area (Å²) in [5, 5.41) is 4.58. The summed E-state index contributed by atoms with van der Waals surface area (Å²) < 4.78 is 21.7. The average molecular weight is 442 g/mol. The van der Waals surface area contributed by atoms with Crippen molar-refractivity contribution in [1.82, 2.24) is 24.5 Å². The van der Waals surface area contributed by atoms with E-state index in [1.54, 1.807) is 52.1 Å². The van der Waals surface area contributed by atoms with Crippen LogP contribution in [0.1, 0.15) is 21.6 Å². The van der Waals surface area contributed by atoms with Gasteiger partial charge in [0.05, 0.1) is 30.7 Å². The summed E-state index contributed by atoms with van der Waals surface area (Å²) >= 11 is 0. The van der Waals surface area contributed by atoms with Crippen molar-refractivity contribution in [2.75, 3.05) is 32.0 Å². The average Bonchev–Trinajstić information content (AvgIpc) is 3.25. The number of imidazole rings is 1. The predicted octanol–water partition coefficient (Wildman–Crippen LogP) is 2.38. The lowest BCUT2D eigenvalue weighted by Gasteiger charge is -2.27. The number of anilines is 1. The van der Waals surface area contributed by atoms with E-state index in [9.17, 15) is 9.18 Å². The van der Waals surface area contributed by atoms with Gasteiger partial charge in [-0.1, -0.05) is 12.0 Å². The molecular weight excluding hydrogens is 423 g/mol. The SMILES string of the molecule is Nc1cc(C#Cc2cnc3ccc(-c4ccc(C(=O)N5CCOCC5)c(F)c4)nn23)ccn1. The highest BCUT2D eigenvalue weighted by Gasteiger charge is 2.22. The molecule has 5 rings (SSSR count). The Balaban J connectivity index is 1.45. The van der Waals surface area contributed by atoms with Gasteiger partial charge in [0.1, 0.15) is 17.3 Å². The van der Waals surface area contributed by atoms with E-state index in [4.69, 9.17) is 10.5 Å². The molecule has 33 heavy (non-hydrogen) atoms. The van der Waals surface area contributed by atoms with Gasteiger partial charge in [-0.25, -0.2) is 18.9 Å². The third kappa shape index (κ3) is 4.24. The second-order valence-electron chi connectivity index (χ2n) is 7.45. The van der Waals surface area contributed by atoms with E-state index in [1.807, 2.05) is 0 Å². The van der Waals surface area contributed by atoms with Gasteiger partial charge in [-0.05, 0) is 42.3 Å². The first kappa shape index (κ1) is 20.6. The first-order valence-electron chi connectivity index (χ1n) is 10.3. The molecule has 1 aromatic carbocycles. The number of morpholine rings is 1. The molecule has 4 heterocycles. The van der Waals surface area contributed by atoms with E-state index in [0.29, 0.717) is 54.7 Å². The fraction of sp³-hybridized carbons (Fsp3) is 0.167. The number of hydrogen-bond acceptors (Lipinski definition) is 6. The largest absolute Gasteiger partial charge is 0.384 e. The van der Waals surface area contributed by atoms with Gasteiger partial charge in [0.25, 0.3) is 5.91 Å². The van der Waals surface area contributed by atoms with Crippen LogP contribution in [-0.4, -0.2) is 56.7 Å². The first-order valence-corrected chi connectivity index (χ1v) is 10.3. The maximum atomic E-state index is 14.9. The molecule has 3 aromatic heterocycles. The minimum absolute atomic E-state index is 0.0348. The van der Waals surface area contributed by atoms with Crippen LogP contribution in [0.5, 0.6) is 0 Å². The standard InChI is InChI=1S/C24H19FN6O2/c25-20-14-17(2-4-19(20)24(32)30-9-11-33-12-10-30)21-5-6-23-28-15-18(31(23)29-21)3-1-16-7-8-27-22(26)13-16/h2,4-8,13-15H,9-12H2,(H2,26,27). The van der Waals surface area contributed by atoms with Crippen LogP contribution in [0.4, 0.5) is 10.2 Å². The predicted molar refractivity (Wildman–Crippen MR) is 120 cm³/mol. The zero-order chi connectivity index (χ0) is 22.8. The molecule has 1 fully saturated rings. The van der Waals surface area contributed by atoms with Crippen LogP contribution in [0, 0.1) is 17.7 Å². The van der Waals surface area contributed by atoms with Gasteiger partial charge in [0.2, 0.25) is 0 Å². The normalized spacial score (nSPS) is 13.5. The Morgan fingerprint density at radius 3 is 2.70 bits per heavy atom. The van der Waals surface area contributed by atoms with Gasteiger partial charge in [-0.15, -0.1) is 0 Å². The Labute approximate surface area is 188 Å². The van der Waals surface area contributed by atoms with Crippen LogP contribution in [0.3, 0.4) is 0 Å². The van der Waals surface area contributed by atoms with Crippen molar-refractivity contribution in [3.8, 4) is 23.1 Å². The molecule has 0 radical (unpaired) electrons. The zero-order valence-electron chi connectivity index (χ0n) is 17.5. The fourth-order valence-corrected chi connectivity index (χ4v) is 3.56. The second-order valence-corrected chi connectivity index (χ2v) is 7.45. The Hall–Kier alpha value is -4.29. The maximum Gasteiger partial charge on any atom is 0.256 e. The van der Waals surface area contributed by atoms with Crippen molar-refractivity contribution in [1.29, 1.82) is 0 Å². The number of rotatable bonds is 2. The Morgan fingerprint density at radius 2 is 1.91 bits per heavy atom. The number of benzene rings is 1. The number of pyridine rings is 1. The smallest absolute Gasteiger partial charge is 0.256 e. The number of ether oxygens (including phenoxy) is 1. The molecule has 0 aliphatic carbocycles. The molecule has 1 aliphatic rings. The molecule has 164 valence electrons. The topological polar surface area (TPSA) is 98.6 Å². The van der Waals surface area contributed by atoms with E-state index in [1.165, 1.54) is 12.1 Å². The highest BCUT2D eigenvalue weighted by molar-refractivity contribution is 5.95. The number of nitrogens with zero attached hydrogens (tertiary/aromatic N) is 5. The molecule has 0 bridgehead atoms. The third-order valence-electron chi connectivity index (χ3n) is 5.27. The number of hydrogen-bond donors (Lipinski definition) is 1. The van der Waals surface area contributed by atoms with Crippen LogP contribution in [0.2, 0.25) is 0 Å². The molecule has 8 nitrogen and oxygen atoms in total. The molecule has 4 aromatic rings. The number of aromatic nitrogens is 4. The summed E-state index contributed by atoms with van der Waals surface area (Å²) in [6.45, 7) is 1.82. The van der Waals surface area contributed by atoms with Crippen molar-refractivity contribution in [3.05, 3.63) is 77.5 Å². The molecule has 0 saturated carbocycles. The molecule has 2 N–H and O–H groups in total. The minimum atomic E-state index is -0.591. The zero-order valence-corrected chi connectivity index (χ0v) is 17.5. The number of halogens is 1. The fourth-order valence-electron chi connectivity index (χ4n) is 3.56. The Morgan fingerprint density at radius 1 is 1.06 bits per heavy atom. The van der Waals surface area contributed by atoms with Crippen LogP contribution in [0.15, 0.2) is 54.9 Å². The summed E-state index contributed by atoms with van der Waals surface area (Å²) in [6, 6.07) is 11.5. The molecule has 9 heteroatoms. The van der Waals surface area contributed by atoms with Crippen LogP contribution in [-0.2, 0) is 4.74 Å². The van der Waals surface area contributed by atoms with Crippen molar-refractivity contribution in [2.24, 2.45) is 0 Å². The number of fused-ring (bicyclic) bond motifs is 1. The van der Waals surface area contributed by atoms with Crippen molar-refractivity contribution >= 4 is 17.4 Å². The molecule has 1 aliphatic heterocycles. The summed E-state index contributed by atoms with van der Waals surface area (Å²) in [5.74, 6) is 5.51. The highest BCUT2D eigenvalue weighted by Crippen LogP contribution is 2.22. The number of nitrogens with two attached hydrogens (primary N) is 1. The van der Waals surface area contributed by atoms with Gasteiger partial charge < -0.3 is 15.4 Å². The molecule has 1 saturated heterocycles. The lowest BCUT2D eigenvalue weighted by molar-refractivity contribution is 0.0300. The van der Waals surface area contributed by atoms with Crippen molar-refractivity contribution in [2.45, 2.75) is 0 Å². The Kier molecular flexibility index (Phi) is 5.42. The van der Waals surface area contributed by atoms with E-state index in [-0.39, 0.29) is 11.5 Å². The van der Waals surface area contributed by atoms with Crippen LogP contribution >= 0.6 is 0 Å². The Bertz CT molecular complexity index is 1420. The van der Waals surface area contributed by atoms with Gasteiger partial charge in [0, 0.05) is 30.4 Å². The quantitative estimate of drug-likeness (QED) is 0.479. The van der Waals surface area contributed by atoms with E-state index >= 15 is 0 Å². The van der Waals surface area contributed by atoms with Crippen molar-refractivity contribution in [3.63, 3.8) is 0 Å². The third-order valence-corrected chi connectivity index (χ3v) is 5.27. The molecule has 0 unspecified atom stereocenters.